The molecule has 4 rings (SSSR count). The molecular formula is C28H24N2O2S. The van der Waals surface area contributed by atoms with Gasteiger partial charge in [0, 0.05) is 0 Å². The Balaban J connectivity index is 1.78. The summed E-state index contributed by atoms with van der Waals surface area (Å²) in [6, 6.07) is 31.5. The Hall–Kier alpha value is -3.72. The summed E-state index contributed by atoms with van der Waals surface area (Å²) in [5.74, 6) is -0.726. The average molecular weight is 453 g/mol. The van der Waals surface area contributed by atoms with Gasteiger partial charge in [0.2, 0.25) is 10.0 Å². The molecule has 0 unspecified atom stereocenters. The second kappa shape index (κ2) is 9.83. The summed E-state index contributed by atoms with van der Waals surface area (Å²) in [6.45, 7) is 1.90. The zero-order valence-corrected chi connectivity index (χ0v) is 19.0. The van der Waals surface area contributed by atoms with E-state index in [1.165, 1.54) is 0 Å². The van der Waals surface area contributed by atoms with Crippen LogP contribution in [0.4, 0.5) is 0 Å². The molecule has 33 heavy (non-hydrogen) atoms. The van der Waals surface area contributed by atoms with Gasteiger partial charge >= 0.3 is 0 Å². The van der Waals surface area contributed by atoms with Crippen molar-refractivity contribution in [2.75, 3.05) is 0 Å². The van der Waals surface area contributed by atoms with Crippen molar-refractivity contribution in [3.8, 4) is 6.07 Å². The Kier molecular flexibility index (Phi) is 6.69. The summed E-state index contributed by atoms with van der Waals surface area (Å²) in [4.78, 5) is 0.167. The molecule has 164 valence electrons. The van der Waals surface area contributed by atoms with Crippen molar-refractivity contribution in [1.82, 2.24) is 4.72 Å². The summed E-state index contributed by atoms with van der Waals surface area (Å²) >= 11 is 0. The normalized spacial score (nSPS) is 13.6. The molecular weight excluding hydrogens is 428 g/mol. The topological polar surface area (TPSA) is 70.0 Å². The van der Waals surface area contributed by atoms with Gasteiger partial charge < -0.3 is 0 Å². The first kappa shape index (κ1) is 22.5. The van der Waals surface area contributed by atoms with Gasteiger partial charge in [0.25, 0.3) is 0 Å². The predicted molar refractivity (Wildman–Crippen MR) is 133 cm³/mol. The van der Waals surface area contributed by atoms with E-state index in [0.29, 0.717) is 0 Å². The fraction of sp³-hybridized carbons (Fsp3) is 0.107. The Labute approximate surface area is 194 Å². The molecule has 0 saturated carbocycles. The number of sulfonamides is 1. The molecule has 0 saturated heterocycles. The fourth-order valence-corrected chi connectivity index (χ4v) is 5.03. The van der Waals surface area contributed by atoms with Gasteiger partial charge in [0.1, 0.15) is 0 Å². The number of hydrogen-bond donors (Lipinski definition) is 1. The Morgan fingerprint density at radius 3 is 2.24 bits per heavy atom. The van der Waals surface area contributed by atoms with Crippen LogP contribution in [0, 0.1) is 18.3 Å². The molecule has 5 heteroatoms. The molecule has 4 aromatic rings. The summed E-state index contributed by atoms with van der Waals surface area (Å²) in [7, 11) is -3.85. The monoisotopic (exact) mass is 452 g/mol. The molecule has 1 N–H and O–H groups in total. The van der Waals surface area contributed by atoms with Crippen LogP contribution in [0.2, 0.25) is 0 Å². The van der Waals surface area contributed by atoms with E-state index in [4.69, 9.17) is 0 Å². The van der Waals surface area contributed by atoms with Crippen LogP contribution < -0.4 is 4.72 Å². The molecule has 0 amide bonds. The van der Waals surface area contributed by atoms with Gasteiger partial charge in [0.15, 0.2) is 0 Å². The van der Waals surface area contributed by atoms with Crippen molar-refractivity contribution >= 4 is 26.9 Å². The highest BCUT2D eigenvalue weighted by molar-refractivity contribution is 7.89. The first-order valence-corrected chi connectivity index (χ1v) is 12.2. The first-order valence-electron chi connectivity index (χ1n) is 10.7. The van der Waals surface area contributed by atoms with Crippen molar-refractivity contribution in [1.29, 1.82) is 5.26 Å². The van der Waals surface area contributed by atoms with Gasteiger partial charge in [-0.15, -0.1) is 0 Å². The van der Waals surface area contributed by atoms with E-state index >= 15 is 0 Å². The average Bonchev–Trinajstić information content (AvgIpc) is 2.84. The molecule has 2 atom stereocenters. The number of fused-ring (bicyclic) bond motifs is 1. The Bertz CT molecular complexity index is 1420. The highest BCUT2D eigenvalue weighted by atomic mass is 32.2. The van der Waals surface area contributed by atoms with Crippen molar-refractivity contribution < 1.29 is 8.42 Å². The van der Waals surface area contributed by atoms with E-state index in [9.17, 15) is 13.7 Å². The third-order valence-corrected chi connectivity index (χ3v) is 7.05. The lowest BCUT2D eigenvalue weighted by atomic mass is 9.89. The van der Waals surface area contributed by atoms with Crippen molar-refractivity contribution in [3.05, 3.63) is 120 Å². The summed E-state index contributed by atoms with van der Waals surface area (Å²) in [5, 5.41) is 12.1. The van der Waals surface area contributed by atoms with Crippen molar-refractivity contribution in [2.24, 2.45) is 0 Å². The summed E-state index contributed by atoms with van der Waals surface area (Å²) < 4.78 is 29.2. The molecule has 0 aliphatic rings. The third kappa shape index (κ3) is 5.20. The SMILES string of the molecule is Cc1ccc(S(=O)(=O)N[C@@H](/C=C/c2ccccc2)[C@H](C#N)c2cccc3ccccc23)cc1. The van der Waals surface area contributed by atoms with Crippen LogP contribution in [0.1, 0.15) is 22.6 Å². The maximum atomic E-state index is 13.2. The van der Waals surface area contributed by atoms with Crippen LogP contribution in [0.15, 0.2) is 108 Å². The summed E-state index contributed by atoms with van der Waals surface area (Å²) in [5.41, 5.74) is 2.68. The maximum Gasteiger partial charge on any atom is 0.241 e. The highest BCUT2D eigenvalue weighted by Gasteiger charge is 2.28. The number of hydrogen-bond acceptors (Lipinski definition) is 3. The number of aryl methyl sites for hydroxylation is 1. The van der Waals surface area contributed by atoms with E-state index in [0.717, 1.165) is 27.5 Å². The van der Waals surface area contributed by atoms with Crippen LogP contribution in [-0.2, 0) is 10.0 Å². The smallest absolute Gasteiger partial charge is 0.207 e. The fourth-order valence-electron chi connectivity index (χ4n) is 3.83. The minimum atomic E-state index is -3.85. The number of benzene rings is 4. The van der Waals surface area contributed by atoms with Crippen molar-refractivity contribution in [3.63, 3.8) is 0 Å². The van der Waals surface area contributed by atoms with Crippen LogP contribution >= 0.6 is 0 Å². The number of nitrogens with zero attached hydrogens (tertiary/aromatic N) is 1. The molecule has 0 spiro atoms. The van der Waals surface area contributed by atoms with E-state index in [-0.39, 0.29) is 4.90 Å². The molecule has 0 fully saturated rings. The first-order chi connectivity index (χ1) is 16.0. The van der Waals surface area contributed by atoms with Crippen LogP contribution in [0.25, 0.3) is 16.8 Å². The van der Waals surface area contributed by atoms with Gasteiger partial charge in [-0.25, -0.2) is 13.1 Å². The second-order valence-electron chi connectivity index (χ2n) is 7.91. The van der Waals surface area contributed by atoms with Crippen LogP contribution in [-0.4, -0.2) is 14.5 Å². The minimum Gasteiger partial charge on any atom is -0.207 e. The van der Waals surface area contributed by atoms with Gasteiger partial charge in [-0.05, 0) is 41.0 Å². The van der Waals surface area contributed by atoms with Gasteiger partial charge in [-0.2, -0.15) is 5.26 Å². The van der Waals surface area contributed by atoms with E-state index in [1.807, 2.05) is 85.8 Å². The van der Waals surface area contributed by atoms with Crippen LogP contribution in [0.3, 0.4) is 0 Å². The van der Waals surface area contributed by atoms with E-state index < -0.39 is 22.0 Å². The lowest BCUT2D eigenvalue weighted by molar-refractivity contribution is 0.563. The molecule has 0 aliphatic carbocycles. The molecule has 0 aromatic heterocycles. The number of rotatable bonds is 7. The maximum absolute atomic E-state index is 13.2. The second-order valence-corrected chi connectivity index (χ2v) is 9.62. The van der Waals surface area contributed by atoms with E-state index in [2.05, 4.69) is 10.8 Å². The highest BCUT2D eigenvalue weighted by Crippen LogP contribution is 2.29. The third-order valence-electron chi connectivity index (χ3n) is 5.57. The van der Waals surface area contributed by atoms with Crippen LogP contribution in [0.5, 0.6) is 0 Å². The minimum absolute atomic E-state index is 0.167. The zero-order chi connectivity index (χ0) is 23.3. The predicted octanol–water partition coefficient (Wildman–Crippen LogP) is 5.82. The van der Waals surface area contributed by atoms with Gasteiger partial charge in [-0.3, -0.25) is 0 Å². The molecule has 0 aliphatic heterocycles. The molecule has 0 bridgehead atoms. The van der Waals surface area contributed by atoms with E-state index in [1.54, 1.807) is 30.3 Å². The number of nitrogens with one attached hydrogen (secondary N) is 1. The Morgan fingerprint density at radius 1 is 0.848 bits per heavy atom. The largest absolute Gasteiger partial charge is 0.241 e. The van der Waals surface area contributed by atoms with Gasteiger partial charge in [0.05, 0.1) is 22.9 Å². The van der Waals surface area contributed by atoms with Crippen molar-refractivity contribution in [2.45, 2.75) is 23.8 Å². The summed E-state index contributed by atoms with van der Waals surface area (Å²) in [6.07, 6.45) is 3.61. The lowest BCUT2D eigenvalue weighted by Gasteiger charge is -2.22. The lowest BCUT2D eigenvalue weighted by Crippen LogP contribution is -2.37. The van der Waals surface area contributed by atoms with Gasteiger partial charge in [-0.1, -0.05) is 103 Å². The molecule has 4 aromatic carbocycles. The zero-order valence-electron chi connectivity index (χ0n) is 18.2. The molecule has 4 nitrogen and oxygen atoms in total. The standard InChI is InChI=1S/C28H24N2O2S/c1-21-14-17-24(18-15-21)33(31,32)30-28(19-16-22-8-3-2-4-9-22)27(20-29)26-13-7-11-23-10-5-6-12-25(23)26/h2-19,27-28,30H,1H3/b19-16+/t27-,28+/m1/s1. The quantitative estimate of drug-likeness (QED) is 0.384. The Morgan fingerprint density at radius 2 is 1.52 bits per heavy atom. The molecule has 0 radical (unpaired) electrons. The number of nitriles is 1. The molecule has 0 heterocycles.